The van der Waals surface area contributed by atoms with Gasteiger partial charge in [-0.2, -0.15) is 0 Å². The van der Waals surface area contributed by atoms with Crippen LogP contribution < -0.4 is 19.5 Å². The number of benzene rings is 1. The van der Waals surface area contributed by atoms with Gasteiger partial charge in [-0.05, 0) is 18.8 Å². The SMILES string of the molecule is COc1cc(NC(=O)N2CCC(c3nnc(CC4CCCC4)s3)CC2)cc(OC)c1OC. The lowest BCUT2D eigenvalue weighted by Gasteiger charge is -2.31. The van der Waals surface area contributed by atoms with Crippen LogP contribution >= 0.6 is 11.3 Å². The van der Waals surface area contributed by atoms with Gasteiger partial charge in [0.1, 0.15) is 10.0 Å². The van der Waals surface area contributed by atoms with E-state index in [1.165, 1.54) is 30.7 Å². The molecule has 0 radical (unpaired) electrons. The molecule has 4 rings (SSSR count). The molecule has 1 saturated carbocycles. The second-order valence-corrected chi connectivity index (χ2v) is 9.59. The lowest BCUT2D eigenvalue weighted by Crippen LogP contribution is -2.40. The molecule has 32 heavy (non-hydrogen) atoms. The molecule has 1 aromatic heterocycles. The molecule has 2 heterocycles. The number of methoxy groups -OCH3 is 3. The highest BCUT2D eigenvalue weighted by Gasteiger charge is 2.27. The molecule has 1 aromatic carbocycles. The number of carbonyl (C=O) groups excluding carboxylic acids is 1. The Morgan fingerprint density at radius 3 is 2.28 bits per heavy atom. The van der Waals surface area contributed by atoms with Crippen LogP contribution in [0.4, 0.5) is 10.5 Å². The summed E-state index contributed by atoms with van der Waals surface area (Å²) in [7, 11) is 4.67. The molecule has 0 atom stereocenters. The fourth-order valence-electron chi connectivity index (χ4n) is 4.66. The minimum Gasteiger partial charge on any atom is -0.493 e. The molecule has 174 valence electrons. The van der Waals surface area contributed by atoms with E-state index in [2.05, 4.69) is 15.5 Å². The molecule has 1 aliphatic carbocycles. The Labute approximate surface area is 193 Å². The van der Waals surface area contributed by atoms with Gasteiger partial charge in [-0.25, -0.2) is 4.79 Å². The highest BCUT2D eigenvalue weighted by Crippen LogP contribution is 2.40. The second-order valence-electron chi connectivity index (χ2n) is 8.49. The summed E-state index contributed by atoms with van der Waals surface area (Å²) in [5.41, 5.74) is 0.604. The molecule has 0 unspecified atom stereocenters. The first-order valence-corrected chi connectivity index (χ1v) is 12.1. The van der Waals surface area contributed by atoms with Crippen molar-refractivity contribution in [2.45, 2.75) is 50.9 Å². The molecule has 2 aromatic rings. The van der Waals surface area contributed by atoms with Crippen molar-refractivity contribution in [3.8, 4) is 17.2 Å². The number of likely N-dealkylation sites (tertiary alicyclic amines) is 1. The van der Waals surface area contributed by atoms with Gasteiger partial charge in [-0.1, -0.05) is 25.7 Å². The number of hydrogen-bond donors (Lipinski definition) is 1. The number of urea groups is 1. The smallest absolute Gasteiger partial charge is 0.321 e. The minimum atomic E-state index is -0.128. The van der Waals surface area contributed by atoms with Crippen LogP contribution in [0.5, 0.6) is 17.2 Å². The molecular formula is C23H32N4O4S. The predicted octanol–water partition coefficient (Wildman–Crippen LogP) is 4.71. The molecule has 0 bridgehead atoms. The molecule has 8 nitrogen and oxygen atoms in total. The number of rotatable bonds is 7. The van der Waals surface area contributed by atoms with Crippen molar-refractivity contribution in [1.29, 1.82) is 0 Å². The number of hydrogen-bond acceptors (Lipinski definition) is 7. The average molecular weight is 461 g/mol. The first-order valence-electron chi connectivity index (χ1n) is 11.3. The van der Waals surface area contributed by atoms with Crippen molar-refractivity contribution in [3.05, 3.63) is 22.1 Å². The number of nitrogens with one attached hydrogen (secondary N) is 1. The average Bonchev–Trinajstić information content (AvgIpc) is 3.51. The minimum absolute atomic E-state index is 0.128. The van der Waals surface area contributed by atoms with Gasteiger partial charge in [0.15, 0.2) is 11.5 Å². The van der Waals surface area contributed by atoms with Crippen LogP contribution in [-0.4, -0.2) is 55.5 Å². The van der Waals surface area contributed by atoms with Crippen molar-refractivity contribution in [2.75, 3.05) is 39.7 Å². The van der Waals surface area contributed by atoms with E-state index >= 15 is 0 Å². The van der Waals surface area contributed by atoms with E-state index in [9.17, 15) is 4.79 Å². The van der Waals surface area contributed by atoms with Crippen molar-refractivity contribution in [2.24, 2.45) is 5.92 Å². The Morgan fingerprint density at radius 1 is 1.03 bits per heavy atom. The molecule has 1 aliphatic heterocycles. The van der Waals surface area contributed by atoms with E-state index in [0.717, 1.165) is 30.2 Å². The van der Waals surface area contributed by atoms with Gasteiger partial charge in [-0.3, -0.25) is 0 Å². The second kappa shape index (κ2) is 10.4. The van der Waals surface area contributed by atoms with Crippen LogP contribution in [0.1, 0.15) is 54.5 Å². The van der Waals surface area contributed by atoms with Gasteiger partial charge < -0.3 is 24.4 Å². The highest BCUT2D eigenvalue weighted by molar-refractivity contribution is 7.11. The maximum Gasteiger partial charge on any atom is 0.321 e. The summed E-state index contributed by atoms with van der Waals surface area (Å²) in [6.07, 6.45) is 8.25. The Morgan fingerprint density at radius 2 is 1.69 bits per heavy atom. The summed E-state index contributed by atoms with van der Waals surface area (Å²) in [6.45, 7) is 1.39. The molecule has 0 spiro atoms. The molecular weight excluding hydrogens is 428 g/mol. The van der Waals surface area contributed by atoms with E-state index in [4.69, 9.17) is 14.2 Å². The van der Waals surface area contributed by atoms with Crippen molar-refractivity contribution >= 4 is 23.1 Å². The summed E-state index contributed by atoms with van der Waals surface area (Å²) in [5.74, 6) is 2.68. The number of carbonyl (C=O) groups is 1. The maximum absolute atomic E-state index is 12.8. The lowest BCUT2D eigenvalue weighted by atomic mass is 9.98. The fourth-order valence-corrected chi connectivity index (χ4v) is 5.79. The first-order chi connectivity index (χ1) is 15.6. The summed E-state index contributed by atoms with van der Waals surface area (Å²) >= 11 is 1.77. The Kier molecular flexibility index (Phi) is 7.34. The Bertz CT molecular complexity index is 895. The monoisotopic (exact) mass is 460 g/mol. The Balaban J connectivity index is 1.32. The third-order valence-electron chi connectivity index (χ3n) is 6.47. The number of amides is 2. The molecule has 1 saturated heterocycles. The lowest BCUT2D eigenvalue weighted by molar-refractivity contribution is 0.194. The van der Waals surface area contributed by atoms with Crippen LogP contribution in [-0.2, 0) is 6.42 Å². The van der Waals surface area contributed by atoms with Crippen molar-refractivity contribution < 1.29 is 19.0 Å². The van der Waals surface area contributed by atoms with Crippen LogP contribution in [0.3, 0.4) is 0 Å². The maximum atomic E-state index is 12.8. The third kappa shape index (κ3) is 5.09. The summed E-state index contributed by atoms with van der Waals surface area (Å²) in [6, 6.07) is 3.34. The zero-order chi connectivity index (χ0) is 22.5. The molecule has 2 aliphatic rings. The van der Waals surface area contributed by atoms with Crippen LogP contribution in [0.25, 0.3) is 0 Å². The first kappa shape index (κ1) is 22.6. The van der Waals surface area contributed by atoms with Gasteiger partial charge >= 0.3 is 6.03 Å². The molecule has 1 N–H and O–H groups in total. The number of piperidine rings is 1. The molecule has 2 amide bonds. The normalized spacial score (nSPS) is 17.4. The largest absolute Gasteiger partial charge is 0.493 e. The van der Waals surface area contributed by atoms with E-state index in [1.54, 1.807) is 44.8 Å². The standard InChI is InChI=1S/C23H32N4O4S/c1-29-18-13-17(14-19(30-2)21(18)31-3)24-23(28)27-10-8-16(9-11-27)22-26-25-20(32-22)12-15-6-4-5-7-15/h13-16H,4-12H2,1-3H3,(H,24,28). The zero-order valence-electron chi connectivity index (χ0n) is 19.1. The molecule has 9 heteroatoms. The van der Waals surface area contributed by atoms with Gasteiger partial charge in [0, 0.05) is 37.6 Å². The van der Waals surface area contributed by atoms with E-state index in [1.807, 2.05) is 4.90 Å². The topological polar surface area (TPSA) is 85.8 Å². The molecule has 2 fully saturated rings. The quantitative estimate of drug-likeness (QED) is 0.644. The van der Waals surface area contributed by atoms with Gasteiger partial charge in [0.05, 0.1) is 27.0 Å². The summed E-state index contributed by atoms with van der Waals surface area (Å²) < 4.78 is 16.1. The predicted molar refractivity (Wildman–Crippen MR) is 124 cm³/mol. The van der Waals surface area contributed by atoms with Gasteiger partial charge in [0.25, 0.3) is 0 Å². The Hall–Kier alpha value is -2.55. The summed E-state index contributed by atoms with van der Waals surface area (Å²) in [4.78, 5) is 14.7. The van der Waals surface area contributed by atoms with E-state index < -0.39 is 0 Å². The van der Waals surface area contributed by atoms with E-state index in [-0.39, 0.29) is 6.03 Å². The number of ether oxygens (including phenoxy) is 3. The van der Waals surface area contributed by atoms with Crippen LogP contribution in [0, 0.1) is 5.92 Å². The zero-order valence-corrected chi connectivity index (χ0v) is 19.9. The number of nitrogens with zero attached hydrogens (tertiary/aromatic N) is 3. The van der Waals surface area contributed by atoms with Crippen LogP contribution in [0.2, 0.25) is 0 Å². The van der Waals surface area contributed by atoms with Crippen molar-refractivity contribution in [1.82, 2.24) is 15.1 Å². The van der Waals surface area contributed by atoms with Gasteiger partial charge in [-0.15, -0.1) is 21.5 Å². The fraction of sp³-hybridized carbons (Fsp3) is 0.609. The third-order valence-corrected chi connectivity index (χ3v) is 7.58. The van der Waals surface area contributed by atoms with Gasteiger partial charge in [0.2, 0.25) is 5.75 Å². The van der Waals surface area contributed by atoms with Crippen molar-refractivity contribution in [3.63, 3.8) is 0 Å². The number of aromatic nitrogens is 2. The van der Waals surface area contributed by atoms with E-state index in [0.29, 0.717) is 41.9 Å². The summed E-state index contributed by atoms with van der Waals surface area (Å²) in [5, 5.41) is 14.2. The van der Waals surface area contributed by atoms with Crippen LogP contribution in [0.15, 0.2) is 12.1 Å². The highest BCUT2D eigenvalue weighted by atomic mass is 32.1. The number of anilines is 1.